The van der Waals surface area contributed by atoms with Crippen LogP contribution in [0.3, 0.4) is 0 Å². The highest BCUT2D eigenvalue weighted by molar-refractivity contribution is 6.62. The van der Waals surface area contributed by atoms with Crippen molar-refractivity contribution in [3.8, 4) is 0 Å². The fraction of sp³-hybridized carbons (Fsp3) is 0.588. The lowest BCUT2D eigenvalue weighted by Crippen LogP contribution is -2.51. The molecule has 3 rings (SSSR count). The van der Waals surface area contributed by atoms with E-state index in [4.69, 9.17) is 14.4 Å². The predicted molar refractivity (Wildman–Crippen MR) is 90.2 cm³/mol. The average Bonchev–Trinajstić information content (AvgIpc) is 2.55. The monoisotopic (exact) mass is 317 g/mol. The number of nitrogens with zero attached hydrogens (tertiary/aromatic N) is 1. The molecule has 2 saturated heterocycles. The lowest BCUT2D eigenvalue weighted by atomic mass is 9.78. The van der Waals surface area contributed by atoms with Crippen molar-refractivity contribution >= 4 is 24.2 Å². The van der Waals surface area contributed by atoms with Crippen LogP contribution in [0.2, 0.25) is 0 Å². The lowest BCUT2D eigenvalue weighted by Gasteiger charge is -2.39. The smallest absolute Gasteiger partial charge is 0.481 e. The Morgan fingerprint density at radius 2 is 1.74 bits per heavy atom. The van der Waals surface area contributed by atoms with Gasteiger partial charge in [-0.1, -0.05) is 6.07 Å². The Bertz CT molecular complexity index is 621. The van der Waals surface area contributed by atoms with Crippen molar-refractivity contribution in [2.24, 2.45) is 5.92 Å². The van der Waals surface area contributed by atoms with Gasteiger partial charge in [-0.15, -0.1) is 0 Å². The van der Waals surface area contributed by atoms with Gasteiger partial charge in [0.15, 0.2) is 0 Å². The lowest BCUT2D eigenvalue weighted by molar-refractivity contribution is -0.142. The standard InChI is InChI=1S/C17H24BNO4/c1-11-6-13(18-22-16(2,3)17(4,5)23-18)8-14(7-11)19-9-12(10-19)15(20)21/h6-8,12H,9-10H2,1-5H3,(H,20,21). The number of benzene rings is 1. The number of carboxylic acid groups (broad SMARTS) is 1. The summed E-state index contributed by atoms with van der Waals surface area (Å²) in [7, 11) is -0.393. The molecule has 1 N–H and O–H groups in total. The van der Waals surface area contributed by atoms with Crippen molar-refractivity contribution in [1.29, 1.82) is 0 Å². The minimum absolute atomic E-state index is 0.268. The van der Waals surface area contributed by atoms with Crippen LogP contribution < -0.4 is 10.4 Å². The van der Waals surface area contributed by atoms with E-state index in [1.165, 1.54) is 0 Å². The maximum absolute atomic E-state index is 11.0. The molecule has 0 aliphatic carbocycles. The maximum atomic E-state index is 11.0. The SMILES string of the molecule is Cc1cc(B2OC(C)(C)C(C)(C)O2)cc(N2CC(C(=O)O)C2)c1. The quantitative estimate of drug-likeness (QED) is 0.862. The van der Waals surface area contributed by atoms with Gasteiger partial charge in [-0.25, -0.2) is 0 Å². The maximum Gasteiger partial charge on any atom is 0.494 e. The molecule has 2 fully saturated rings. The Morgan fingerprint density at radius 3 is 2.26 bits per heavy atom. The van der Waals surface area contributed by atoms with Gasteiger partial charge in [-0.05, 0) is 57.8 Å². The van der Waals surface area contributed by atoms with Gasteiger partial charge in [0.25, 0.3) is 0 Å². The molecule has 1 aromatic rings. The third-order valence-electron chi connectivity index (χ3n) is 5.21. The van der Waals surface area contributed by atoms with Crippen molar-refractivity contribution in [2.45, 2.75) is 45.8 Å². The zero-order valence-electron chi connectivity index (χ0n) is 14.4. The molecule has 0 bridgehead atoms. The molecule has 0 atom stereocenters. The highest BCUT2D eigenvalue weighted by Gasteiger charge is 2.51. The highest BCUT2D eigenvalue weighted by atomic mass is 16.7. The topological polar surface area (TPSA) is 59.0 Å². The van der Waals surface area contributed by atoms with E-state index >= 15 is 0 Å². The van der Waals surface area contributed by atoms with Crippen molar-refractivity contribution in [1.82, 2.24) is 0 Å². The summed E-state index contributed by atoms with van der Waals surface area (Å²) in [6.45, 7) is 11.3. The van der Waals surface area contributed by atoms with Crippen LogP contribution in [-0.2, 0) is 14.1 Å². The van der Waals surface area contributed by atoms with Crippen molar-refractivity contribution in [3.63, 3.8) is 0 Å². The number of rotatable bonds is 3. The second kappa shape index (κ2) is 5.25. The summed E-state index contributed by atoms with van der Waals surface area (Å²) in [4.78, 5) is 13.1. The van der Waals surface area contributed by atoms with Gasteiger partial charge in [0, 0.05) is 18.8 Å². The van der Waals surface area contributed by atoms with Crippen molar-refractivity contribution in [3.05, 3.63) is 23.8 Å². The number of carboxylic acids is 1. The molecule has 0 spiro atoms. The molecule has 2 aliphatic rings. The third-order valence-corrected chi connectivity index (χ3v) is 5.21. The number of carbonyl (C=O) groups is 1. The minimum atomic E-state index is -0.722. The summed E-state index contributed by atoms with van der Waals surface area (Å²) >= 11 is 0. The molecule has 0 aromatic heterocycles. The molecule has 2 heterocycles. The van der Waals surface area contributed by atoms with Crippen LogP contribution in [0.5, 0.6) is 0 Å². The van der Waals surface area contributed by atoms with Crippen LogP contribution in [0, 0.1) is 12.8 Å². The molecule has 0 unspecified atom stereocenters. The Balaban J connectivity index is 1.81. The normalized spacial score (nSPS) is 23.0. The summed E-state index contributed by atoms with van der Waals surface area (Å²) in [6, 6.07) is 6.19. The largest absolute Gasteiger partial charge is 0.494 e. The minimum Gasteiger partial charge on any atom is -0.481 e. The van der Waals surface area contributed by atoms with E-state index in [0.717, 1.165) is 16.7 Å². The molecule has 23 heavy (non-hydrogen) atoms. The Morgan fingerprint density at radius 1 is 1.17 bits per heavy atom. The molecule has 0 radical (unpaired) electrons. The Hall–Kier alpha value is -1.53. The van der Waals surface area contributed by atoms with E-state index < -0.39 is 13.1 Å². The average molecular weight is 317 g/mol. The van der Waals surface area contributed by atoms with E-state index in [1.807, 2.05) is 40.7 Å². The first kappa shape index (κ1) is 16.3. The van der Waals surface area contributed by atoms with Gasteiger partial charge in [0.2, 0.25) is 0 Å². The molecule has 0 saturated carbocycles. The second-order valence-corrected chi connectivity index (χ2v) is 7.63. The summed E-state index contributed by atoms with van der Waals surface area (Å²) in [5, 5.41) is 9.03. The van der Waals surface area contributed by atoms with Crippen LogP contribution in [0.1, 0.15) is 33.3 Å². The summed E-state index contributed by atoms with van der Waals surface area (Å²) in [6.07, 6.45) is 0. The van der Waals surface area contributed by atoms with E-state index in [0.29, 0.717) is 13.1 Å². The number of aliphatic carboxylic acids is 1. The van der Waals surface area contributed by atoms with Crippen LogP contribution >= 0.6 is 0 Å². The molecule has 124 valence electrons. The first-order valence-electron chi connectivity index (χ1n) is 8.04. The molecule has 1 aromatic carbocycles. The van der Waals surface area contributed by atoms with E-state index in [1.54, 1.807) is 0 Å². The summed E-state index contributed by atoms with van der Waals surface area (Å²) in [5.41, 5.74) is 2.40. The highest BCUT2D eigenvalue weighted by Crippen LogP contribution is 2.37. The molecular formula is C17H24BNO4. The molecular weight excluding hydrogens is 293 g/mol. The first-order chi connectivity index (χ1) is 10.6. The van der Waals surface area contributed by atoms with Crippen molar-refractivity contribution < 1.29 is 19.2 Å². The fourth-order valence-electron chi connectivity index (χ4n) is 2.94. The van der Waals surface area contributed by atoms with E-state index in [-0.39, 0.29) is 17.1 Å². The molecule has 6 heteroatoms. The molecule has 5 nitrogen and oxygen atoms in total. The van der Waals surface area contributed by atoms with Gasteiger partial charge in [0.1, 0.15) is 0 Å². The summed E-state index contributed by atoms with van der Waals surface area (Å²) in [5.74, 6) is -0.990. The predicted octanol–water partition coefficient (Wildman–Crippen LogP) is 1.82. The van der Waals surface area contributed by atoms with E-state index in [9.17, 15) is 4.79 Å². The Kier molecular flexibility index (Phi) is 3.73. The van der Waals surface area contributed by atoms with Crippen LogP contribution in [0.25, 0.3) is 0 Å². The molecule has 2 aliphatic heterocycles. The third kappa shape index (κ3) is 2.86. The number of aryl methyl sites for hydroxylation is 1. The summed E-state index contributed by atoms with van der Waals surface area (Å²) < 4.78 is 12.2. The van der Waals surface area contributed by atoms with Crippen LogP contribution in [-0.4, -0.2) is 42.5 Å². The van der Waals surface area contributed by atoms with Gasteiger partial charge in [-0.3, -0.25) is 4.79 Å². The van der Waals surface area contributed by atoms with Gasteiger partial charge in [-0.2, -0.15) is 0 Å². The van der Waals surface area contributed by atoms with Crippen LogP contribution in [0.4, 0.5) is 5.69 Å². The zero-order chi connectivity index (χ0) is 17.0. The second-order valence-electron chi connectivity index (χ2n) is 7.63. The number of hydrogen-bond acceptors (Lipinski definition) is 4. The van der Waals surface area contributed by atoms with Crippen LogP contribution in [0.15, 0.2) is 18.2 Å². The van der Waals surface area contributed by atoms with E-state index in [2.05, 4.69) is 17.0 Å². The number of hydrogen-bond donors (Lipinski definition) is 1. The molecule has 0 amide bonds. The Labute approximate surface area is 137 Å². The first-order valence-corrected chi connectivity index (χ1v) is 8.04. The number of anilines is 1. The van der Waals surface area contributed by atoms with Crippen molar-refractivity contribution in [2.75, 3.05) is 18.0 Å². The van der Waals surface area contributed by atoms with Gasteiger partial charge in [0.05, 0.1) is 17.1 Å². The van der Waals surface area contributed by atoms with Gasteiger partial charge < -0.3 is 19.3 Å². The van der Waals surface area contributed by atoms with Gasteiger partial charge >= 0.3 is 13.1 Å². The zero-order valence-corrected chi connectivity index (χ0v) is 14.4. The fourth-order valence-corrected chi connectivity index (χ4v) is 2.94.